The molecule has 36 heavy (non-hydrogen) atoms. The quantitative estimate of drug-likeness (QED) is 0.481. The number of hydrogen-bond donors (Lipinski definition) is 2. The average molecular weight is 492 g/mol. The summed E-state index contributed by atoms with van der Waals surface area (Å²) in [6, 6.07) is 15.7. The van der Waals surface area contributed by atoms with Crippen LogP contribution in [0.5, 0.6) is 0 Å². The molecular weight excluding hydrogens is 461 g/mol. The van der Waals surface area contributed by atoms with Gasteiger partial charge in [0.05, 0.1) is 12.9 Å². The van der Waals surface area contributed by atoms with Crippen LogP contribution < -0.4 is 10.6 Å². The van der Waals surface area contributed by atoms with E-state index in [0.29, 0.717) is 25.9 Å². The molecule has 0 spiro atoms. The maximum absolute atomic E-state index is 13.6. The van der Waals surface area contributed by atoms with E-state index < -0.39 is 17.4 Å². The van der Waals surface area contributed by atoms with E-state index >= 15 is 0 Å². The van der Waals surface area contributed by atoms with Crippen LogP contribution in [0.1, 0.15) is 52.4 Å². The smallest absolute Gasteiger partial charge is 0.273 e. The van der Waals surface area contributed by atoms with E-state index in [-0.39, 0.29) is 36.2 Å². The van der Waals surface area contributed by atoms with Gasteiger partial charge in [-0.15, -0.1) is 0 Å². The Kier molecular flexibility index (Phi) is 7.47. The fraction of sp³-hybridized carbons (Fsp3) is 0.333. The SMILES string of the molecule is CCCN1C(=O)c2c(C(=O)NCCc3ccccc3)ncn2CC1(C)C(=O)NCc1ccc(F)cc1. The van der Waals surface area contributed by atoms with Crippen LogP contribution in [0.3, 0.4) is 0 Å². The van der Waals surface area contributed by atoms with Gasteiger partial charge in [-0.1, -0.05) is 49.4 Å². The monoisotopic (exact) mass is 491 g/mol. The Hall–Kier alpha value is -4.01. The van der Waals surface area contributed by atoms with E-state index in [0.717, 1.165) is 11.1 Å². The highest BCUT2D eigenvalue weighted by molar-refractivity contribution is 6.07. The number of carbonyl (C=O) groups excluding carboxylic acids is 3. The van der Waals surface area contributed by atoms with Crippen molar-refractivity contribution in [3.8, 4) is 0 Å². The van der Waals surface area contributed by atoms with Gasteiger partial charge in [0.1, 0.15) is 17.1 Å². The second-order valence-electron chi connectivity index (χ2n) is 9.10. The number of nitrogens with zero attached hydrogens (tertiary/aromatic N) is 3. The Labute approximate surface area is 209 Å². The lowest BCUT2D eigenvalue weighted by molar-refractivity contribution is -0.133. The molecule has 1 atom stereocenters. The van der Waals surface area contributed by atoms with Crippen LogP contribution in [0.2, 0.25) is 0 Å². The van der Waals surface area contributed by atoms with Crippen LogP contribution in [-0.4, -0.2) is 50.8 Å². The minimum atomic E-state index is -1.18. The zero-order valence-corrected chi connectivity index (χ0v) is 20.5. The molecule has 0 bridgehead atoms. The van der Waals surface area contributed by atoms with Crippen molar-refractivity contribution in [3.05, 3.63) is 89.3 Å². The van der Waals surface area contributed by atoms with Gasteiger partial charge in [0.25, 0.3) is 11.8 Å². The number of imidazole rings is 1. The number of halogens is 1. The number of rotatable bonds is 9. The molecule has 2 aromatic carbocycles. The standard InChI is InChI=1S/C27H30FN5O3/c1-3-15-33-25(35)23-22(24(34)29-14-13-19-7-5-4-6-8-19)31-18-32(23)17-27(33,2)26(36)30-16-20-9-11-21(28)12-10-20/h4-12,18H,3,13-17H2,1-2H3,(H,29,34)(H,30,36). The lowest BCUT2D eigenvalue weighted by Crippen LogP contribution is -2.64. The molecular formula is C27H30FN5O3. The van der Waals surface area contributed by atoms with Crippen molar-refractivity contribution < 1.29 is 18.8 Å². The third-order valence-corrected chi connectivity index (χ3v) is 6.42. The van der Waals surface area contributed by atoms with Crippen LogP contribution in [0.4, 0.5) is 4.39 Å². The molecule has 1 unspecified atom stereocenters. The summed E-state index contributed by atoms with van der Waals surface area (Å²) in [5.74, 6) is -1.51. The lowest BCUT2D eigenvalue weighted by Gasteiger charge is -2.43. The lowest BCUT2D eigenvalue weighted by atomic mass is 9.94. The first kappa shape index (κ1) is 25.1. The highest BCUT2D eigenvalue weighted by Crippen LogP contribution is 2.29. The summed E-state index contributed by atoms with van der Waals surface area (Å²) < 4.78 is 14.8. The van der Waals surface area contributed by atoms with Crippen molar-refractivity contribution in [2.24, 2.45) is 0 Å². The number of nitrogens with one attached hydrogen (secondary N) is 2. The Bertz CT molecular complexity index is 1240. The van der Waals surface area contributed by atoms with Gasteiger partial charge in [0.15, 0.2) is 5.69 Å². The zero-order valence-electron chi connectivity index (χ0n) is 20.5. The molecule has 1 aromatic heterocycles. The summed E-state index contributed by atoms with van der Waals surface area (Å²) >= 11 is 0. The molecule has 3 aromatic rings. The first-order valence-electron chi connectivity index (χ1n) is 12.1. The van der Waals surface area contributed by atoms with Crippen molar-refractivity contribution >= 4 is 17.7 Å². The molecule has 8 nitrogen and oxygen atoms in total. The molecule has 9 heteroatoms. The van der Waals surface area contributed by atoms with E-state index in [9.17, 15) is 18.8 Å². The number of amides is 3. The van der Waals surface area contributed by atoms with Crippen LogP contribution in [0.25, 0.3) is 0 Å². The number of aromatic nitrogens is 2. The van der Waals surface area contributed by atoms with Gasteiger partial charge >= 0.3 is 0 Å². The fourth-order valence-corrected chi connectivity index (χ4v) is 4.45. The molecule has 1 aliphatic heterocycles. The maximum atomic E-state index is 13.6. The second-order valence-corrected chi connectivity index (χ2v) is 9.10. The van der Waals surface area contributed by atoms with E-state index in [4.69, 9.17) is 0 Å². The van der Waals surface area contributed by atoms with Crippen molar-refractivity contribution in [1.82, 2.24) is 25.1 Å². The first-order valence-corrected chi connectivity index (χ1v) is 12.1. The Balaban J connectivity index is 1.49. The van der Waals surface area contributed by atoms with Crippen molar-refractivity contribution in [1.29, 1.82) is 0 Å². The number of carbonyl (C=O) groups is 3. The van der Waals surface area contributed by atoms with E-state index in [1.807, 2.05) is 37.3 Å². The molecule has 2 N–H and O–H groups in total. The Morgan fingerprint density at radius 1 is 1.06 bits per heavy atom. The van der Waals surface area contributed by atoms with Gasteiger partial charge in [0.2, 0.25) is 5.91 Å². The van der Waals surface area contributed by atoms with Gasteiger partial charge in [-0.25, -0.2) is 9.37 Å². The number of benzene rings is 2. The summed E-state index contributed by atoms with van der Waals surface area (Å²) in [5, 5.41) is 5.72. The van der Waals surface area contributed by atoms with Gasteiger partial charge in [-0.2, -0.15) is 0 Å². The van der Waals surface area contributed by atoms with Gasteiger partial charge in [-0.3, -0.25) is 14.4 Å². The molecule has 188 valence electrons. The first-order chi connectivity index (χ1) is 17.3. The second kappa shape index (κ2) is 10.7. The molecule has 0 radical (unpaired) electrons. The number of fused-ring (bicyclic) bond motifs is 1. The molecule has 2 heterocycles. The van der Waals surface area contributed by atoms with Gasteiger partial charge < -0.3 is 20.1 Å². The van der Waals surface area contributed by atoms with Crippen molar-refractivity contribution in [2.45, 2.75) is 45.3 Å². The largest absolute Gasteiger partial charge is 0.350 e. The van der Waals surface area contributed by atoms with Crippen molar-refractivity contribution in [2.75, 3.05) is 13.1 Å². The molecule has 1 aliphatic rings. The maximum Gasteiger partial charge on any atom is 0.273 e. The van der Waals surface area contributed by atoms with Crippen LogP contribution >= 0.6 is 0 Å². The fourth-order valence-electron chi connectivity index (χ4n) is 4.45. The summed E-state index contributed by atoms with van der Waals surface area (Å²) in [5.41, 5.74) is 0.905. The molecule has 4 rings (SSSR count). The highest BCUT2D eigenvalue weighted by Gasteiger charge is 2.48. The summed E-state index contributed by atoms with van der Waals surface area (Å²) in [7, 11) is 0. The zero-order chi connectivity index (χ0) is 25.7. The highest BCUT2D eigenvalue weighted by atomic mass is 19.1. The van der Waals surface area contributed by atoms with Gasteiger partial charge in [0, 0.05) is 19.6 Å². The minimum absolute atomic E-state index is 0.0583. The summed E-state index contributed by atoms with van der Waals surface area (Å²) in [4.78, 5) is 45.6. The predicted octanol–water partition coefficient (Wildman–Crippen LogP) is 2.94. The normalized spacial score (nSPS) is 17.0. The van der Waals surface area contributed by atoms with Gasteiger partial charge in [-0.05, 0) is 43.0 Å². The van der Waals surface area contributed by atoms with Crippen molar-refractivity contribution in [3.63, 3.8) is 0 Å². The summed E-state index contributed by atoms with van der Waals surface area (Å²) in [6.45, 7) is 4.75. The molecule has 0 saturated carbocycles. The molecule has 0 aliphatic carbocycles. The minimum Gasteiger partial charge on any atom is -0.350 e. The third-order valence-electron chi connectivity index (χ3n) is 6.42. The third kappa shape index (κ3) is 5.15. The van der Waals surface area contributed by atoms with Crippen LogP contribution in [0.15, 0.2) is 60.9 Å². The molecule has 0 saturated heterocycles. The number of hydrogen-bond acceptors (Lipinski definition) is 4. The molecule has 0 fully saturated rings. The average Bonchev–Trinajstić information content (AvgIpc) is 3.30. The van der Waals surface area contributed by atoms with Crippen LogP contribution in [-0.2, 0) is 24.3 Å². The Morgan fingerprint density at radius 3 is 2.47 bits per heavy atom. The predicted molar refractivity (Wildman–Crippen MR) is 133 cm³/mol. The summed E-state index contributed by atoms with van der Waals surface area (Å²) in [6.07, 6.45) is 2.73. The topological polar surface area (TPSA) is 96.3 Å². The van der Waals surface area contributed by atoms with E-state index in [2.05, 4.69) is 15.6 Å². The molecule has 3 amide bonds. The van der Waals surface area contributed by atoms with Crippen LogP contribution in [0, 0.1) is 5.82 Å². The Morgan fingerprint density at radius 2 is 1.78 bits per heavy atom. The van der Waals surface area contributed by atoms with E-state index in [1.54, 1.807) is 23.6 Å². The van der Waals surface area contributed by atoms with E-state index in [1.165, 1.54) is 23.4 Å².